The fraction of sp³-hybridized carbons (Fsp3) is 0.160. The first kappa shape index (κ1) is 23.3. The third kappa shape index (κ3) is 8.02. The lowest BCUT2D eigenvalue weighted by atomic mass is 10.1. The first-order valence-electron chi connectivity index (χ1n) is 10.2. The van der Waals surface area contributed by atoms with Crippen LogP contribution in [-0.4, -0.2) is 29.4 Å². The van der Waals surface area contributed by atoms with E-state index in [0.29, 0.717) is 5.56 Å². The molecule has 0 heterocycles. The van der Waals surface area contributed by atoms with Crippen LogP contribution in [0, 0.1) is 0 Å². The van der Waals surface area contributed by atoms with Crippen molar-refractivity contribution in [3.05, 3.63) is 102 Å². The average Bonchev–Trinajstić information content (AvgIpc) is 2.83. The molecule has 0 aliphatic rings. The average molecular weight is 449 g/mol. The lowest BCUT2D eigenvalue weighted by Gasteiger charge is -2.15. The molecular formula is C25H23NO7. The van der Waals surface area contributed by atoms with Crippen molar-refractivity contribution in [2.45, 2.75) is 25.7 Å². The number of carboxylic acid groups (broad SMARTS) is 1. The van der Waals surface area contributed by atoms with Crippen LogP contribution in [0.15, 0.2) is 84.9 Å². The summed E-state index contributed by atoms with van der Waals surface area (Å²) in [6, 6.07) is 23.3. The Morgan fingerprint density at radius 3 is 1.82 bits per heavy atom. The van der Waals surface area contributed by atoms with Gasteiger partial charge in [0.15, 0.2) is 0 Å². The molecule has 8 nitrogen and oxygen atoms in total. The summed E-state index contributed by atoms with van der Waals surface area (Å²) in [6.07, 6.45) is -1.65. The Balaban J connectivity index is 1.47. The number of rotatable bonds is 9. The topological polar surface area (TPSA) is 111 Å². The molecule has 0 aliphatic carbocycles. The van der Waals surface area contributed by atoms with Crippen molar-refractivity contribution >= 4 is 18.2 Å². The van der Waals surface area contributed by atoms with Gasteiger partial charge in [-0.15, -0.1) is 0 Å². The van der Waals surface area contributed by atoms with Crippen molar-refractivity contribution < 1.29 is 33.7 Å². The predicted octanol–water partition coefficient (Wildman–Crippen LogP) is 4.32. The van der Waals surface area contributed by atoms with Crippen molar-refractivity contribution in [1.82, 2.24) is 5.32 Å². The van der Waals surface area contributed by atoms with Crippen LogP contribution >= 0.6 is 0 Å². The first-order valence-corrected chi connectivity index (χ1v) is 10.2. The number of carboxylic acids is 1. The Morgan fingerprint density at radius 2 is 1.27 bits per heavy atom. The van der Waals surface area contributed by atoms with Gasteiger partial charge in [0.2, 0.25) is 0 Å². The second kappa shape index (κ2) is 11.9. The second-order valence-electron chi connectivity index (χ2n) is 7.07. The molecule has 1 atom stereocenters. The molecular weight excluding hydrogens is 426 g/mol. The summed E-state index contributed by atoms with van der Waals surface area (Å²) in [5.74, 6) is -0.949. The maximum absolute atomic E-state index is 12.0. The molecule has 33 heavy (non-hydrogen) atoms. The molecule has 3 aromatic rings. The van der Waals surface area contributed by atoms with Gasteiger partial charge in [0.25, 0.3) is 0 Å². The van der Waals surface area contributed by atoms with Gasteiger partial charge in [-0.1, -0.05) is 72.8 Å². The summed E-state index contributed by atoms with van der Waals surface area (Å²) in [6.45, 7) is 0.121. The first-order chi connectivity index (χ1) is 16.0. The Kier molecular flexibility index (Phi) is 8.41. The number of ether oxygens (including phenoxy) is 3. The lowest BCUT2D eigenvalue weighted by Crippen LogP contribution is -2.42. The smallest absolute Gasteiger partial charge is 0.480 e. The van der Waals surface area contributed by atoms with Gasteiger partial charge in [0.05, 0.1) is 0 Å². The van der Waals surface area contributed by atoms with Crippen molar-refractivity contribution in [2.24, 2.45) is 0 Å². The second-order valence-corrected chi connectivity index (χ2v) is 7.07. The molecule has 0 saturated carbocycles. The van der Waals surface area contributed by atoms with Gasteiger partial charge in [-0.25, -0.2) is 14.4 Å². The zero-order valence-electron chi connectivity index (χ0n) is 17.7. The number of hydrogen-bond donors (Lipinski definition) is 2. The third-order valence-electron chi connectivity index (χ3n) is 4.57. The van der Waals surface area contributed by atoms with Gasteiger partial charge in [0.1, 0.15) is 25.0 Å². The van der Waals surface area contributed by atoms with E-state index in [9.17, 15) is 19.5 Å². The van der Waals surface area contributed by atoms with Crippen LogP contribution in [0.1, 0.15) is 16.7 Å². The Bertz CT molecular complexity index is 1050. The molecule has 2 N–H and O–H groups in total. The third-order valence-corrected chi connectivity index (χ3v) is 4.57. The Hall–Kier alpha value is -4.33. The van der Waals surface area contributed by atoms with E-state index in [-0.39, 0.29) is 25.4 Å². The normalized spacial score (nSPS) is 11.2. The maximum Gasteiger partial charge on any atom is 0.514 e. The number of benzene rings is 3. The minimum absolute atomic E-state index is 0.0223. The molecule has 0 aromatic heterocycles. The molecule has 8 heteroatoms. The number of nitrogens with one attached hydrogen (secondary N) is 1. The Labute approximate surface area is 190 Å². The van der Waals surface area contributed by atoms with Crippen molar-refractivity contribution in [3.8, 4) is 5.75 Å². The van der Waals surface area contributed by atoms with Gasteiger partial charge in [-0.2, -0.15) is 0 Å². The van der Waals surface area contributed by atoms with Crippen molar-refractivity contribution in [3.63, 3.8) is 0 Å². The minimum atomic E-state index is -1.20. The van der Waals surface area contributed by atoms with Crippen molar-refractivity contribution in [1.29, 1.82) is 0 Å². The summed E-state index contributed by atoms with van der Waals surface area (Å²) in [5.41, 5.74) is 2.24. The van der Waals surface area contributed by atoms with Crippen LogP contribution in [-0.2, 0) is 33.9 Å². The number of aliphatic carboxylic acids is 1. The summed E-state index contributed by atoms with van der Waals surface area (Å²) < 4.78 is 15.3. The highest BCUT2D eigenvalue weighted by molar-refractivity contribution is 5.80. The number of alkyl carbamates (subject to hydrolysis) is 1. The summed E-state index contributed by atoms with van der Waals surface area (Å²) in [5, 5.41) is 11.8. The molecule has 0 radical (unpaired) electrons. The molecule has 3 rings (SSSR count). The fourth-order valence-electron chi connectivity index (χ4n) is 2.88. The SMILES string of the molecule is O=C(NC(Cc1ccc(OC(=O)OCc2ccccc2)cc1)C(=O)O)OCc1ccccc1. The van der Waals surface area contributed by atoms with E-state index < -0.39 is 24.3 Å². The highest BCUT2D eigenvalue weighted by atomic mass is 16.7. The number of carbonyl (C=O) groups is 3. The lowest BCUT2D eigenvalue weighted by molar-refractivity contribution is -0.139. The van der Waals surface area contributed by atoms with Gasteiger partial charge >= 0.3 is 18.2 Å². The number of amides is 1. The zero-order chi connectivity index (χ0) is 23.5. The molecule has 0 fully saturated rings. The van der Waals surface area contributed by atoms with E-state index in [1.807, 2.05) is 48.5 Å². The quantitative estimate of drug-likeness (QED) is 0.370. The molecule has 170 valence electrons. The Morgan fingerprint density at radius 1 is 0.727 bits per heavy atom. The van der Waals surface area contributed by atoms with Crippen LogP contribution in [0.3, 0.4) is 0 Å². The standard InChI is InChI=1S/C25H23NO7/c27-23(28)22(26-24(29)31-16-19-7-3-1-4-8-19)15-18-11-13-21(14-12-18)33-25(30)32-17-20-9-5-2-6-10-20/h1-14,22H,15-17H2,(H,26,29)(H,27,28). The number of carbonyl (C=O) groups excluding carboxylic acids is 2. The number of hydrogen-bond acceptors (Lipinski definition) is 6. The molecule has 1 unspecified atom stereocenters. The van der Waals surface area contributed by atoms with Crippen LogP contribution in [0.5, 0.6) is 5.75 Å². The monoisotopic (exact) mass is 449 g/mol. The van der Waals surface area contributed by atoms with Crippen LogP contribution in [0.4, 0.5) is 9.59 Å². The molecule has 1 amide bonds. The molecule has 0 spiro atoms. The predicted molar refractivity (Wildman–Crippen MR) is 119 cm³/mol. The van der Waals surface area contributed by atoms with Crippen LogP contribution in [0.2, 0.25) is 0 Å². The van der Waals surface area contributed by atoms with Crippen LogP contribution in [0.25, 0.3) is 0 Å². The van der Waals surface area contributed by atoms with E-state index in [0.717, 1.165) is 11.1 Å². The fourth-order valence-corrected chi connectivity index (χ4v) is 2.88. The minimum Gasteiger partial charge on any atom is -0.480 e. The van der Waals surface area contributed by atoms with Gasteiger partial charge in [-0.3, -0.25) is 0 Å². The van der Waals surface area contributed by atoms with Crippen LogP contribution < -0.4 is 10.1 Å². The van der Waals surface area contributed by atoms with Gasteiger partial charge < -0.3 is 24.6 Å². The molecule has 3 aromatic carbocycles. The molecule has 0 saturated heterocycles. The van der Waals surface area contributed by atoms with E-state index in [2.05, 4.69) is 5.32 Å². The van der Waals surface area contributed by atoms with E-state index in [1.54, 1.807) is 24.3 Å². The van der Waals surface area contributed by atoms with E-state index in [4.69, 9.17) is 14.2 Å². The summed E-state index contributed by atoms with van der Waals surface area (Å²) >= 11 is 0. The summed E-state index contributed by atoms with van der Waals surface area (Å²) in [4.78, 5) is 35.4. The van der Waals surface area contributed by atoms with E-state index in [1.165, 1.54) is 12.1 Å². The van der Waals surface area contributed by atoms with Gasteiger partial charge in [-0.05, 0) is 28.8 Å². The molecule has 0 aliphatic heterocycles. The maximum atomic E-state index is 12.0. The van der Waals surface area contributed by atoms with Crippen molar-refractivity contribution in [2.75, 3.05) is 0 Å². The van der Waals surface area contributed by atoms with Gasteiger partial charge in [0, 0.05) is 6.42 Å². The summed E-state index contributed by atoms with van der Waals surface area (Å²) in [7, 11) is 0. The highest BCUT2D eigenvalue weighted by Crippen LogP contribution is 2.15. The highest BCUT2D eigenvalue weighted by Gasteiger charge is 2.21. The molecule has 0 bridgehead atoms. The largest absolute Gasteiger partial charge is 0.514 e. The zero-order valence-corrected chi connectivity index (χ0v) is 17.7. The van der Waals surface area contributed by atoms with E-state index >= 15 is 0 Å².